The Balaban J connectivity index is 1.91. The molecule has 1 heterocycles. The van der Waals surface area contributed by atoms with Gasteiger partial charge in [0.15, 0.2) is 0 Å². The van der Waals surface area contributed by atoms with Crippen molar-refractivity contribution in [1.82, 2.24) is 5.32 Å². The SMILES string of the molecule is Cc1ccccc1N1CCN[C@@H]2CCC[C@H]21. The van der Waals surface area contributed by atoms with E-state index in [1.165, 1.54) is 30.5 Å². The highest BCUT2D eigenvalue weighted by Gasteiger charge is 2.35. The van der Waals surface area contributed by atoms with Crippen LogP contribution in [-0.4, -0.2) is 25.2 Å². The van der Waals surface area contributed by atoms with Crippen LogP contribution in [-0.2, 0) is 0 Å². The van der Waals surface area contributed by atoms with Crippen LogP contribution in [0.1, 0.15) is 24.8 Å². The van der Waals surface area contributed by atoms with Crippen molar-refractivity contribution < 1.29 is 0 Å². The molecule has 2 aliphatic rings. The summed E-state index contributed by atoms with van der Waals surface area (Å²) in [6, 6.07) is 10.3. The number of nitrogens with zero attached hydrogens (tertiary/aromatic N) is 1. The Labute approximate surface area is 97.6 Å². The van der Waals surface area contributed by atoms with E-state index in [0.717, 1.165) is 25.2 Å². The summed E-state index contributed by atoms with van der Waals surface area (Å²) in [7, 11) is 0. The molecule has 2 fully saturated rings. The second-order valence-electron chi connectivity index (χ2n) is 5.04. The molecule has 2 nitrogen and oxygen atoms in total. The fraction of sp³-hybridized carbons (Fsp3) is 0.571. The molecule has 86 valence electrons. The van der Waals surface area contributed by atoms with Gasteiger partial charge in [-0.2, -0.15) is 0 Å². The van der Waals surface area contributed by atoms with E-state index in [0.29, 0.717) is 0 Å². The number of hydrogen-bond acceptors (Lipinski definition) is 2. The minimum atomic E-state index is 0.730. The summed E-state index contributed by atoms with van der Waals surface area (Å²) < 4.78 is 0. The summed E-state index contributed by atoms with van der Waals surface area (Å²) in [6.45, 7) is 4.52. The highest BCUT2D eigenvalue weighted by molar-refractivity contribution is 5.54. The number of fused-ring (bicyclic) bond motifs is 1. The summed E-state index contributed by atoms with van der Waals surface area (Å²) in [5.41, 5.74) is 2.86. The third kappa shape index (κ3) is 1.61. The Kier molecular flexibility index (Phi) is 2.60. The van der Waals surface area contributed by atoms with Crippen LogP contribution in [0.3, 0.4) is 0 Å². The molecule has 0 bridgehead atoms. The Morgan fingerprint density at radius 1 is 1.25 bits per heavy atom. The first kappa shape index (κ1) is 10.2. The van der Waals surface area contributed by atoms with E-state index in [-0.39, 0.29) is 0 Å². The molecule has 1 saturated heterocycles. The minimum absolute atomic E-state index is 0.730. The average Bonchev–Trinajstić information content (AvgIpc) is 2.77. The van der Waals surface area contributed by atoms with Crippen molar-refractivity contribution >= 4 is 5.69 Å². The normalized spacial score (nSPS) is 29.2. The zero-order valence-electron chi connectivity index (χ0n) is 9.95. The molecule has 1 N–H and O–H groups in total. The molecule has 2 atom stereocenters. The van der Waals surface area contributed by atoms with Gasteiger partial charge in [0.05, 0.1) is 0 Å². The first-order valence-electron chi connectivity index (χ1n) is 6.42. The van der Waals surface area contributed by atoms with Crippen molar-refractivity contribution in [2.75, 3.05) is 18.0 Å². The number of nitrogens with one attached hydrogen (secondary N) is 1. The first-order valence-corrected chi connectivity index (χ1v) is 6.42. The van der Waals surface area contributed by atoms with Gasteiger partial charge < -0.3 is 10.2 Å². The van der Waals surface area contributed by atoms with E-state index in [4.69, 9.17) is 0 Å². The molecular formula is C14H20N2. The lowest BCUT2D eigenvalue weighted by Gasteiger charge is -2.40. The van der Waals surface area contributed by atoms with Crippen LogP contribution >= 0.6 is 0 Å². The van der Waals surface area contributed by atoms with Gasteiger partial charge in [-0.15, -0.1) is 0 Å². The van der Waals surface area contributed by atoms with E-state index in [1.807, 2.05) is 0 Å². The van der Waals surface area contributed by atoms with Crippen molar-refractivity contribution in [1.29, 1.82) is 0 Å². The Hall–Kier alpha value is -1.02. The zero-order valence-corrected chi connectivity index (χ0v) is 9.95. The molecular weight excluding hydrogens is 196 g/mol. The number of aryl methyl sites for hydroxylation is 1. The summed E-state index contributed by atoms with van der Waals surface area (Å²) in [6.07, 6.45) is 4.09. The van der Waals surface area contributed by atoms with Crippen LogP contribution < -0.4 is 10.2 Å². The first-order chi connectivity index (χ1) is 7.86. The molecule has 0 unspecified atom stereocenters. The van der Waals surface area contributed by atoms with Gasteiger partial charge in [-0.3, -0.25) is 0 Å². The van der Waals surface area contributed by atoms with Crippen molar-refractivity contribution in [3.8, 4) is 0 Å². The predicted octanol–water partition coefficient (Wildman–Crippen LogP) is 2.33. The quantitative estimate of drug-likeness (QED) is 0.775. The van der Waals surface area contributed by atoms with Gasteiger partial charge in [-0.05, 0) is 37.8 Å². The van der Waals surface area contributed by atoms with Crippen molar-refractivity contribution in [2.45, 2.75) is 38.3 Å². The molecule has 0 aromatic heterocycles. The maximum absolute atomic E-state index is 3.66. The molecule has 1 saturated carbocycles. The highest BCUT2D eigenvalue weighted by atomic mass is 15.2. The summed E-state index contributed by atoms with van der Waals surface area (Å²) in [4.78, 5) is 2.63. The van der Waals surface area contributed by atoms with Crippen LogP contribution in [0.15, 0.2) is 24.3 Å². The molecule has 1 aromatic carbocycles. The topological polar surface area (TPSA) is 15.3 Å². The Morgan fingerprint density at radius 3 is 3.00 bits per heavy atom. The monoisotopic (exact) mass is 216 g/mol. The van der Waals surface area contributed by atoms with Crippen LogP contribution in [0.25, 0.3) is 0 Å². The number of anilines is 1. The van der Waals surface area contributed by atoms with Gasteiger partial charge in [-0.1, -0.05) is 18.2 Å². The molecule has 0 amide bonds. The molecule has 1 aliphatic heterocycles. The summed E-state index contributed by atoms with van der Waals surface area (Å²) >= 11 is 0. The van der Waals surface area contributed by atoms with Gasteiger partial charge in [-0.25, -0.2) is 0 Å². The smallest absolute Gasteiger partial charge is 0.0443 e. The van der Waals surface area contributed by atoms with Crippen molar-refractivity contribution in [3.05, 3.63) is 29.8 Å². The van der Waals surface area contributed by atoms with Crippen LogP contribution in [0.4, 0.5) is 5.69 Å². The largest absolute Gasteiger partial charge is 0.365 e. The molecule has 1 aliphatic carbocycles. The lowest BCUT2D eigenvalue weighted by atomic mass is 10.0. The van der Waals surface area contributed by atoms with Gasteiger partial charge >= 0.3 is 0 Å². The second-order valence-corrected chi connectivity index (χ2v) is 5.04. The van der Waals surface area contributed by atoms with Gasteiger partial charge in [0.2, 0.25) is 0 Å². The van der Waals surface area contributed by atoms with Crippen LogP contribution in [0.5, 0.6) is 0 Å². The van der Waals surface area contributed by atoms with Gasteiger partial charge in [0.1, 0.15) is 0 Å². The molecule has 1 aromatic rings. The maximum atomic E-state index is 3.66. The molecule has 0 radical (unpaired) electrons. The number of hydrogen-bond donors (Lipinski definition) is 1. The van der Waals surface area contributed by atoms with Crippen LogP contribution in [0, 0.1) is 6.92 Å². The zero-order chi connectivity index (χ0) is 11.0. The standard InChI is InChI=1S/C14H20N2/c1-11-5-2-3-7-13(11)16-10-9-15-12-6-4-8-14(12)16/h2-3,5,7,12,14-15H,4,6,8-10H2,1H3/t12-,14-/m1/s1. The number of rotatable bonds is 1. The van der Waals surface area contributed by atoms with E-state index in [1.54, 1.807) is 0 Å². The van der Waals surface area contributed by atoms with Gasteiger partial charge in [0, 0.05) is 30.9 Å². The number of benzene rings is 1. The van der Waals surface area contributed by atoms with E-state index in [2.05, 4.69) is 41.4 Å². The lowest BCUT2D eigenvalue weighted by Crippen LogP contribution is -2.55. The van der Waals surface area contributed by atoms with Crippen LogP contribution in [0.2, 0.25) is 0 Å². The van der Waals surface area contributed by atoms with Crippen molar-refractivity contribution in [3.63, 3.8) is 0 Å². The third-order valence-corrected chi connectivity index (χ3v) is 4.06. The predicted molar refractivity (Wildman–Crippen MR) is 68.0 cm³/mol. The lowest BCUT2D eigenvalue weighted by molar-refractivity contribution is 0.403. The number of para-hydroxylation sites is 1. The third-order valence-electron chi connectivity index (χ3n) is 4.06. The summed E-state index contributed by atoms with van der Waals surface area (Å²) in [5.74, 6) is 0. The Bertz CT molecular complexity index is 375. The average molecular weight is 216 g/mol. The molecule has 0 spiro atoms. The van der Waals surface area contributed by atoms with E-state index >= 15 is 0 Å². The fourth-order valence-corrected chi connectivity index (χ4v) is 3.27. The minimum Gasteiger partial charge on any atom is -0.365 e. The molecule has 3 rings (SSSR count). The summed E-state index contributed by atoms with van der Waals surface area (Å²) in [5, 5.41) is 3.66. The van der Waals surface area contributed by atoms with Gasteiger partial charge in [0.25, 0.3) is 0 Å². The van der Waals surface area contributed by atoms with E-state index < -0.39 is 0 Å². The molecule has 16 heavy (non-hydrogen) atoms. The number of piperazine rings is 1. The second kappa shape index (κ2) is 4.10. The van der Waals surface area contributed by atoms with E-state index in [9.17, 15) is 0 Å². The highest BCUT2D eigenvalue weighted by Crippen LogP contribution is 2.31. The maximum Gasteiger partial charge on any atom is 0.0443 e. The van der Waals surface area contributed by atoms with Crippen molar-refractivity contribution in [2.24, 2.45) is 0 Å². The molecule has 2 heteroatoms. The fourth-order valence-electron chi connectivity index (χ4n) is 3.27. The Morgan fingerprint density at radius 2 is 2.12 bits per heavy atom.